The number of fused-ring (bicyclic) bond motifs is 1. The largest absolute Gasteiger partial charge is 0.330 e. The molecule has 0 radical (unpaired) electrons. The van der Waals surface area contributed by atoms with E-state index in [4.69, 9.17) is 0 Å². The zero-order valence-corrected chi connectivity index (χ0v) is 8.77. The standard InChI is InChI=1S/C11H14N4/c1-15-10-4-6-12-7-9(10)14-11(15)8-3-2-5-13-8/h4,6-8,13H,2-3,5H2,1H3/t8-/m0/s1. The lowest BCUT2D eigenvalue weighted by Gasteiger charge is -2.09. The average Bonchev–Trinajstić information content (AvgIpc) is 2.87. The fraction of sp³-hybridized carbons (Fsp3) is 0.455. The molecule has 4 heteroatoms. The molecule has 15 heavy (non-hydrogen) atoms. The van der Waals surface area contributed by atoms with Crippen molar-refractivity contribution >= 4 is 11.0 Å². The van der Waals surface area contributed by atoms with Crippen LogP contribution in [-0.2, 0) is 7.05 Å². The first-order valence-corrected chi connectivity index (χ1v) is 5.36. The molecule has 1 N–H and O–H groups in total. The summed E-state index contributed by atoms with van der Waals surface area (Å²) in [6.07, 6.45) is 6.07. The van der Waals surface area contributed by atoms with E-state index in [1.54, 1.807) is 0 Å². The van der Waals surface area contributed by atoms with E-state index in [0.29, 0.717) is 6.04 Å². The fourth-order valence-corrected chi connectivity index (χ4v) is 2.29. The number of hydrogen-bond acceptors (Lipinski definition) is 3. The second-order valence-corrected chi connectivity index (χ2v) is 4.04. The van der Waals surface area contributed by atoms with Gasteiger partial charge in [0.2, 0.25) is 0 Å². The maximum absolute atomic E-state index is 4.63. The van der Waals surface area contributed by atoms with Gasteiger partial charge in [-0.25, -0.2) is 4.98 Å². The number of aromatic nitrogens is 3. The molecule has 4 nitrogen and oxygen atoms in total. The second kappa shape index (κ2) is 3.31. The number of nitrogens with zero attached hydrogens (tertiary/aromatic N) is 3. The van der Waals surface area contributed by atoms with Gasteiger partial charge in [0.15, 0.2) is 0 Å². The van der Waals surface area contributed by atoms with E-state index in [1.165, 1.54) is 12.8 Å². The lowest BCUT2D eigenvalue weighted by atomic mass is 10.2. The highest BCUT2D eigenvalue weighted by Gasteiger charge is 2.21. The van der Waals surface area contributed by atoms with E-state index in [1.807, 2.05) is 18.5 Å². The molecule has 1 fully saturated rings. The van der Waals surface area contributed by atoms with Gasteiger partial charge in [-0.3, -0.25) is 4.98 Å². The number of nitrogens with one attached hydrogen (secondary N) is 1. The van der Waals surface area contributed by atoms with Crippen molar-refractivity contribution in [1.29, 1.82) is 0 Å². The van der Waals surface area contributed by atoms with Crippen LogP contribution in [0, 0.1) is 0 Å². The summed E-state index contributed by atoms with van der Waals surface area (Å²) >= 11 is 0. The molecule has 0 aromatic carbocycles. The third kappa shape index (κ3) is 1.33. The van der Waals surface area contributed by atoms with Crippen molar-refractivity contribution in [2.75, 3.05) is 6.54 Å². The van der Waals surface area contributed by atoms with Gasteiger partial charge in [0.1, 0.15) is 11.3 Å². The average molecular weight is 202 g/mol. The molecule has 2 aromatic rings. The molecule has 0 spiro atoms. The summed E-state index contributed by atoms with van der Waals surface area (Å²) in [7, 11) is 2.07. The highest BCUT2D eigenvalue weighted by Crippen LogP contribution is 2.24. The molecule has 0 unspecified atom stereocenters. The molecule has 1 atom stereocenters. The number of hydrogen-bond donors (Lipinski definition) is 1. The predicted octanol–water partition coefficient (Wildman–Crippen LogP) is 1.39. The molecule has 1 aliphatic rings. The molecule has 3 rings (SSSR count). The van der Waals surface area contributed by atoms with Crippen LogP contribution in [0.25, 0.3) is 11.0 Å². The summed E-state index contributed by atoms with van der Waals surface area (Å²) in [6, 6.07) is 2.43. The van der Waals surface area contributed by atoms with Gasteiger partial charge in [0.25, 0.3) is 0 Å². The van der Waals surface area contributed by atoms with Crippen LogP contribution in [0.1, 0.15) is 24.7 Å². The Morgan fingerprint density at radius 3 is 3.20 bits per heavy atom. The first-order valence-electron chi connectivity index (χ1n) is 5.36. The Kier molecular flexibility index (Phi) is 1.95. The van der Waals surface area contributed by atoms with Crippen molar-refractivity contribution in [1.82, 2.24) is 19.9 Å². The van der Waals surface area contributed by atoms with E-state index in [9.17, 15) is 0 Å². The van der Waals surface area contributed by atoms with Crippen LogP contribution in [0.2, 0.25) is 0 Å². The summed E-state index contributed by atoms with van der Waals surface area (Å²) in [5.41, 5.74) is 2.15. The molecule has 3 heterocycles. The quantitative estimate of drug-likeness (QED) is 0.760. The summed E-state index contributed by atoms with van der Waals surface area (Å²) in [4.78, 5) is 8.73. The Labute approximate surface area is 88.3 Å². The molecular weight excluding hydrogens is 188 g/mol. The van der Waals surface area contributed by atoms with Gasteiger partial charge in [-0.05, 0) is 25.5 Å². The van der Waals surface area contributed by atoms with Gasteiger partial charge in [-0.1, -0.05) is 0 Å². The summed E-state index contributed by atoms with van der Waals surface area (Å²) < 4.78 is 2.17. The normalized spacial score (nSPS) is 21.3. The maximum Gasteiger partial charge on any atom is 0.126 e. The third-order valence-electron chi connectivity index (χ3n) is 3.09. The smallest absolute Gasteiger partial charge is 0.126 e. The van der Waals surface area contributed by atoms with E-state index < -0.39 is 0 Å². The van der Waals surface area contributed by atoms with Crippen molar-refractivity contribution in [3.05, 3.63) is 24.3 Å². The van der Waals surface area contributed by atoms with Gasteiger partial charge in [0, 0.05) is 13.2 Å². The fourth-order valence-electron chi connectivity index (χ4n) is 2.29. The van der Waals surface area contributed by atoms with Gasteiger partial charge < -0.3 is 9.88 Å². The van der Waals surface area contributed by atoms with Crippen LogP contribution >= 0.6 is 0 Å². The van der Waals surface area contributed by atoms with Crippen molar-refractivity contribution in [2.24, 2.45) is 7.05 Å². The van der Waals surface area contributed by atoms with Crippen LogP contribution in [0.15, 0.2) is 18.5 Å². The Balaban J connectivity index is 2.14. The minimum atomic E-state index is 0.419. The van der Waals surface area contributed by atoms with Gasteiger partial charge >= 0.3 is 0 Å². The van der Waals surface area contributed by atoms with Crippen LogP contribution in [0.3, 0.4) is 0 Å². The lowest BCUT2D eigenvalue weighted by molar-refractivity contribution is 0.584. The van der Waals surface area contributed by atoms with E-state index in [0.717, 1.165) is 23.4 Å². The molecular formula is C11H14N4. The zero-order chi connectivity index (χ0) is 10.3. The molecule has 0 bridgehead atoms. The van der Waals surface area contributed by atoms with Crippen LogP contribution in [-0.4, -0.2) is 21.1 Å². The molecule has 78 valence electrons. The van der Waals surface area contributed by atoms with Gasteiger partial charge in [0.05, 0.1) is 17.8 Å². The minimum absolute atomic E-state index is 0.419. The van der Waals surface area contributed by atoms with Crippen molar-refractivity contribution < 1.29 is 0 Å². The Bertz CT molecular complexity index is 482. The molecule has 1 saturated heterocycles. The summed E-state index contributed by atoms with van der Waals surface area (Å²) in [5, 5.41) is 3.47. The van der Waals surface area contributed by atoms with E-state index in [2.05, 4.69) is 26.9 Å². The zero-order valence-electron chi connectivity index (χ0n) is 8.77. The number of pyridine rings is 1. The molecule has 1 aliphatic heterocycles. The van der Waals surface area contributed by atoms with Gasteiger partial charge in [-0.2, -0.15) is 0 Å². The molecule has 2 aromatic heterocycles. The topological polar surface area (TPSA) is 42.7 Å². The monoisotopic (exact) mass is 202 g/mol. The number of aryl methyl sites for hydroxylation is 1. The number of imidazole rings is 1. The second-order valence-electron chi connectivity index (χ2n) is 4.04. The third-order valence-corrected chi connectivity index (χ3v) is 3.09. The summed E-state index contributed by atoms with van der Waals surface area (Å²) in [6.45, 7) is 1.10. The molecule has 0 saturated carbocycles. The molecule has 0 amide bonds. The lowest BCUT2D eigenvalue weighted by Crippen LogP contribution is -2.16. The van der Waals surface area contributed by atoms with E-state index >= 15 is 0 Å². The van der Waals surface area contributed by atoms with Crippen LogP contribution in [0.4, 0.5) is 0 Å². The SMILES string of the molecule is Cn1c([C@@H]2CCCN2)nc2cnccc21. The van der Waals surface area contributed by atoms with Crippen molar-refractivity contribution in [3.63, 3.8) is 0 Å². The van der Waals surface area contributed by atoms with Crippen molar-refractivity contribution in [2.45, 2.75) is 18.9 Å². The highest BCUT2D eigenvalue weighted by atomic mass is 15.1. The Morgan fingerprint density at radius 2 is 2.47 bits per heavy atom. The maximum atomic E-state index is 4.63. The Morgan fingerprint density at radius 1 is 1.53 bits per heavy atom. The highest BCUT2D eigenvalue weighted by molar-refractivity contribution is 5.74. The summed E-state index contributed by atoms with van der Waals surface area (Å²) in [5.74, 6) is 1.13. The molecule has 0 aliphatic carbocycles. The van der Waals surface area contributed by atoms with Gasteiger partial charge in [-0.15, -0.1) is 0 Å². The van der Waals surface area contributed by atoms with Crippen LogP contribution < -0.4 is 5.32 Å². The predicted molar refractivity (Wildman–Crippen MR) is 58.5 cm³/mol. The Hall–Kier alpha value is -1.42. The first-order chi connectivity index (χ1) is 7.36. The van der Waals surface area contributed by atoms with Crippen LogP contribution in [0.5, 0.6) is 0 Å². The minimum Gasteiger partial charge on any atom is -0.330 e. The number of rotatable bonds is 1. The first kappa shape index (κ1) is 8.85. The van der Waals surface area contributed by atoms with Crippen molar-refractivity contribution in [3.8, 4) is 0 Å². The van der Waals surface area contributed by atoms with E-state index in [-0.39, 0.29) is 0 Å².